The Kier molecular flexibility index (Phi) is 8.01. The first kappa shape index (κ1) is 24.0. The van der Waals surface area contributed by atoms with Crippen LogP contribution >= 0.6 is 0 Å². The molecule has 0 saturated carbocycles. The maximum Gasteiger partial charge on any atom is 0.342 e. The summed E-state index contributed by atoms with van der Waals surface area (Å²) in [4.78, 5) is 21.6. The van der Waals surface area contributed by atoms with E-state index in [-0.39, 0.29) is 12.1 Å². The van der Waals surface area contributed by atoms with Crippen molar-refractivity contribution in [3.8, 4) is 0 Å². The van der Waals surface area contributed by atoms with Crippen LogP contribution in [-0.2, 0) is 22.6 Å². The molecule has 0 N–H and O–H groups in total. The summed E-state index contributed by atoms with van der Waals surface area (Å²) < 4.78 is 11.4. The predicted octanol–water partition coefficient (Wildman–Crippen LogP) is 5.11. The van der Waals surface area contributed by atoms with E-state index in [2.05, 4.69) is 58.1 Å². The van der Waals surface area contributed by atoms with E-state index in [0.717, 1.165) is 57.1 Å². The molecule has 6 heteroatoms. The van der Waals surface area contributed by atoms with Crippen molar-refractivity contribution >= 4 is 11.8 Å². The Morgan fingerprint density at radius 1 is 1.06 bits per heavy atom. The molecule has 1 aliphatic heterocycles. The minimum Gasteiger partial charge on any atom is -0.489 e. The van der Waals surface area contributed by atoms with Crippen LogP contribution in [-0.4, -0.2) is 48.1 Å². The predicted molar refractivity (Wildman–Crippen MR) is 135 cm³/mol. The van der Waals surface area contributed by atoms with Crippen LogP contribution in [0.2, 0.25) is 0 Å². The van der Waals surface area contributed by atoms with Crippen LogP contribution in [0.15, 0.2) is 66.1 Å². The molecule has 0 amide bonds. The van der Waals surface area contributed by atoms with Gasteiger partial charge in [0.1, 0.15) is 23.7 Å². The van der Waals surface area contributed by atoms with Crippen molar-refractivity contribution in [1.82, 2.24) is 9.88 Å². The highest BCUT2D eigenvalue weighted by molar-refractivity contribution is 5.94. The molecular weight excluding hydrogens is 426 g/mol. The normalized spacial score (nSPS) is 16.8. The van der Waals surface area contributed by atoms with Gasteiger partial charge in [-0.05, 0) is 68.5 Å². The van der Waals surface area contributed by atoms with Gasteiger partial charge in [0.25, 0.3) is 0 Å². The Morgan fingerprint density at radius 3 is 2.50 bits per heavy atom. The highest BCUT2D eigenvalue weighted by Gasteiger charge is 2.23. The molecule has 1 saturated heterocycles. The Balaban J connectivity index is 1.28. The van der Waals surface area contributed by atoms with Gasteiger partial charge in [-0.25, -0.2) is 9.78 Å². The zero-order chi connectivity index (χ0) is 23.9. The first-order chi connectivity index (χ1) is 16.5. The molecular formula is C28H35N3O3. The number of aromatic nitrogens is 1. The van der Waals surface area contributed by atoms with E-state index in [1.54, 1.807) is 18.3 Å². The van der Waals surface area contributed by atoms with Crippen LogP contribution < -0.4 is 4.90 Å². The number of nitrogens with zero attached hydrogens (tertiary/aromatic N) is 3. The fourth-order valence-corrected chi connectivity index (χ4v) is 4.29. The number of piperazine rings is 1. The van der Waals surface area contributed by atoms with Gasteiger partial charge in [-0.3, -0.25) is 4.90 Å². The molecule has 4 rings (SSSR count). The maximum absolute atomic E-state index is 12.5. The molecule has 0 atom stereocenters. The van der Waals surface area contributed by atoms with Gasteiger partial charge in [-0.1, -0.05) is 30.3 Å². The van der Waals surface area contributed by atoms with Gasteiger partial charge in [0.2, 0.25) is 0 Å². The maximum atomic E-state index is 12.5. The van der Waals surface area contributed by atoms with Crippen molar-refractivity contribution in [1.29, 1.82) is 0 Å². The number of carbonyl (C=O) groups is 1. The van der Waals surface area contributed by atoms with Gasteiger partial charge in [0, 0.05) is 38.9 Å². The quantitative estimate of drug-likeness (QED) is 0.509. The Labute approximate surface area is 202 Å². The van der Waals surface area contributed by atoms with Crippen LogP contribution in [0.5, 0.6) is 0 Å². The summed E-state index contributed by atoms with van der Waals surface area (Å²) in [5.74, 6) is 1.42. The summed E-state index contributed by atoms with van der Waals surface area (Å²) in [7, 11) is 0. The van der Waals surface area contributed by atoms with Crippen molar-refractivity contribution < 1.29 is 14.3 Å². The van der Waals surface area contributed by atoms with Gasteiger partial charge in [-0.15, -0.1) is 0 Å². The summed E-state index contributed by atoms with van der Waals surface area (Å²) in [6.07, 6.45) is 8.05. The number of carbonyl (C=O) groups excluding carboxylic acids is 1. The number of esters is 1. The number of rotatable bonds is 8. The molecule has 0 spiro atoms. The SMILES string of the molecule is CC1=C(OCc2ccc(CN3CCN(c4ncccc4C(=O)OC(C)C)CC3)cc2)C=CCC1. The standard InChI is InChI=1S/C28H35N3O3/c1-21(2)34-28(32)25-8-6-14-29-27(25)31-17-15-30(16-18-31)19-23-10-12-24(13-11-23)20-33-26-9-5-4-7-22(26)3/h5-6,8-14,21H,4,7,15-20H2,1-3H3. The highest BCUT2D eigenvalue weighted by Crippen LogP contribution is 2.22. The summed E-state index contributed by atoms with van der Waals surface area (Å²) in [6, 6.07) is 12.3. The highest BCUT2D eigenvalue weighted by atomic mass is 16.5. The fraction of sp³-hybridized carbons (Fsp3) is 0.429. The number of ether oxygens (including phenoxy) is 2. The molecule has 2 heterocycles. The smallest absolute Gasteiger partial charge is 0.342 e. The van der Waals surface area contributed by atoms with Crippen molar-refractivity contribution in [2.45, 2.75) is 52.9 Å². The minimum atomic E-state index is -0.310. The molecule has 1 aromatic carbocycles. The summed E-state index contributed by atoms with van der Waals surface area (Å²) in [5.41, 5.74) is 4.35. The topological polar surface area (TPSA) is 54.9 Å². The van der Waals surface area contributed by atoms with E-state index in [0.29, 0.717) is 12.2 Å². The van der Waals surface area contributed by atoms with Gasteiger partial charge in [0.15, 0.2) is 0 Å². The Morgan fingerprint density at radius 2 is 1.79 bits per heavy atom. The lowest BCUT2D eigenvalue weighted by Crippen LogP contribution is -2.46. The first-order valence-corrected chi connectivity index (χ1v) is 12.2. The largest absolute Gasteiger partial charge is 0.489 e. The molecule has 1 fully saturated rings. The molecule has 6 nitrogen and oxygen atoms in total. The third kappa shape index (κ3) is 6.26. The molecule has 34 heavy (non-hydrogen) atoms. The first-order valence-electron chi connectivity index (χ1n) is 12.2. The Bertz CT molecular complexity index is 1040. The number of anilines is 1. The second-order valence-corrected chi connectivity index (χ2v) is 9.28. The number of pyridine rings is 1. The van der Waals surface area contributed by atoms with E-state index in [9.17, 15) is 4.79 Å². The molecule has 0 bridgehead atoms. The van der Waals surface area contributed by atoms with E-state index < -0.39 is 0 Å². The lowest BCUT2D eigenvalue weighted by molar-refractivity contribution is 0.0378. The summed E-state index contributed by atoms with van der Waals surface area (Å²) in [5, 5.41) is 0. The molecule has 1 aliphatic carbocycles. The van der Waals surface area contributed by atoms with Gasteiger partial charge >= 0.3 is 5.97 Å². The average Bonchev–Trinajstić information content (AvgIpc) is 2.84. The number of allylic oxidation sites excluding steroid dienone is 3. The number of benzene rings is 1. The minimum absolute atomic E-state index is 0.152. The lowest BCUT2D eigenvalue weighted by Gasteiger charge is -2.36. The lowest BCUT2D eigenvalue weighted by atomic mass is 10.1. The van der Waals surface area contributed by atoms with Crippen molar-refractivity contribution in [3.63, 3.8) is 0 Å². The van der Waals surface area contributed by atoms with Gasteiger partial charge in [0.05, 0.1) is 6.10 Å². The van der Waals surface area contributed by atoms with Crippen LogP contribution in [0, 0.1) is 0 Å². The summed E-state index contributed by atoms with van der Waals surface area (Å²) in [6.45, 7) is 10.9. The third-order valence-electron chi connectivity index (χ3n) is 6.22. The zero-order valence-corrected chi connectivity index (χ0v) is 20.5. The second kappa shape index (κ2) is 11.3. The Hall–Kier alpha value is -3.12. The molecule has 1 aromatic heterocycles. The van der Waals surface area contributed by atoms with Gasteiger partial charge in [-0.2, -0.15) is 0 Å². The molecule has 2 aromatic rings. The molecule has 2 aliphatic rings. The average molecular weight is 462 g/mol. The van der Waals surface area contributed by atoms with E-state index in [1.807, 2.05) is 13.8 Å². The zero-order valence-electron chi connectivity index (χ0n) is 20.5. The monoisotopic (exact) mass is 461 g/mol. The molecule has 0 radical (unpaired) electrons. The number of hydrogen-bond donors (Lipinski definition) is 0. The summed E-state index contributed by atoms with van der Waals surface area (Å²) >= 11 is 0. The van der Waals surface area contributed by atoms with E-state index in [4.69, 9.17) is 9.47 Å². The van der Waals surface area contributed by atoms with E-state index in [1.165, 1.54) is 16.7 Å². The van der Waals surface area contributed by atoms with Crippen LogP contribution in [0.25, 0.3) is 0 Å². The van der Waals surface area contributed by atoms with Crippen molar-refractivity contribution in [2.75, 3.05) is 31.1 Å². The second-order valence-electron chi connectivity index (χ2n) is 9.28. The van der Waals surface area contributed by atoms with Crippen LogP contribution in [0.1, 0.15) is 55.1 Å². The van der Waals surface area contributed by atoms with Crippen molar-refractivity contribution in [3.05, 3.63) is 82.8 Å². The van der Waals surface area contributed by atoms with E-state index >= 15 is 0 Å². The van der Waals surface area contributed by atoms with Crippen LogP contribution in [0.4, 0.5) is 5.82 Å². The molecule has 180 valence electrons. The van der Waals surface area contributed by atoms with Crippen molar-refractivity contribution in [2.24, 2.45) is 0 Å². The van der Waals surface area contributed by atoms with Crippen LogP contribution in [0.3, 0.4) is 0 Å². The fourth-order valence-electron chi connectivity index (χ4n) is 4.29. The third-order valence-corrected chi connectivity index (χ3v) is 6.22. The van der Waals surface area contributed by atoms with Gasteiger partial charge < -0.3 is 14.4 Å². The number of hydrogen-bond acceptors (Lipinski definition) is 6. The molecule has 0 unspecified atom stereocenters.